The number of carbonyl (C=O) groups excluding carboxylic acids is 1. The summed E-state index contributed by atoms with van der Waals surface area (Å²) in [5, 5.41) is 5.99. The zero-order valence-electron chi connectivity index (χ0n) is 11.2. The van der Waals surface area contributed by atoms with Crippen LogP contribution in [0.1, 0.15) is 24.8 Å². The molecule has 3 rings (SSSR count). The van der Waals surface area contributed by atoms with Crippen molar-refractivity contribution in [1.29, 1.82) is 0 Å². The van der Waals surface area contributed by atoms with Gasteiger partial charge in [-0.3, -0.25) is 4.79 Å². The second-order valence-electron chi connectivity index (χ2n) is 5.38. The Balaban J connectivity index is 1.77. The van der Waals surface area contributed by atoms with Gasteiger partial charge in [0.25, 0.3) is 0 Å². The lowest BCUT2D eigenvalue weighted by Crippen LogP contribution is -2.43. The van der Waals surface area contributed by atoms with E-state index in [1.807, 2.05) is 0 Å². The van der Waals surface area contributed by atoms with Crippen molar-refractivity contribution in [3.8, 4) is 0 Å². The molecule has 20 heavy (non-hydrogen) atoms. The maximum atomic E-state index is 12.1. The number of rotatable bonds is 2. The lowest BCUT2D eigenvalue weighted by atomic mass is 10.0. The molecule has 5 nitrogen and oxygen atoms in total. The van der Waals surface area contributed by atoms with Crippen LogP contribution in [0, 0.1) is 0 Å². The molecule has 1 amide bonds. The van der Waals surface area contributed by atoms with Gasteiger partial charge in [-0.2, -0.15) is 0 Å². The minimum Gasteiger partial charge on any atom is -0.325 e. The molecular weight excluding hydrogens is 276 g/mol. The molecule has 0 spiro atoms. The zero-order chi connectivity index (χ0) is 14.2. The molecule has 1 saturated heterocycles. The molecule has 1 unspecified atom stereocenters. The van der Waals surface area contributed by atoms with Crippen LogP contribution in [0.25, 0.3) is 0 Å². The largest absolute Gasteiger partial charge is 0.325 e. The number of anilines is 1. The van der Waals surface area contributed by atoms with Gasteiger partial charge in [-0.05, 0) is 43.5 Å². The number of sulfone groups is 1. The molecule has 2 aliphatic rings. The number of aryl methyl sites for hydroxylation is 1. The highest BCUT2D eigenvalue weighted by atomic mass is 32.2. The Morgan fingerprint density at radius 2 is 2.15 bits per heavy atom. The predicted molar refractivity (Wildman–Crippen MR) is 76.5 cm³/mol. The summed E-state index contributed by atoms with van der Waals surface area (Å²) in [4.78, 5) is 12.5. The molecule has 0 aliphatic carbocycles. The number of nitrogens with one attached hydrogen (secondary N) is 2. The molecule has 0 aromatic heterocycles. The summed E-state index contributed by atoms with van der Waals surface area (Å²) >= 11 is 0. The van der Waals surface area contributed by atoms with E-state index in [1.165, 1.54) is 0 Å². The third-order valence-electron chi connectivity index (χ3n) is 3.94. The van der Waals surface area contributed by atoms with E-state index in [-0.39, 0.29) is 17.7 Å². The Kier molecular flexibility index (Phi) is 3.52. The van der Waals surface area contributed by atoms with Crippen molar-refractivity contribution in [2.75, 3.05) is 17.6 Å². The third kappa shape index (κ3) is 2.58. The van der Waals surface area contributed by atoms with Crippen molar-refractivity contribution >= 4 is 21.4 Å². The summed E-state index contributed by atoms with van der Waals surface area (Å²) in [6, 6.07) is 4.98. The van der Waals surface area contributed by atoms with Crippen LogP contribution in [0.5, 0.6) is 0 Å². The van der Waals surface area contributed by atoms with Gasteiger partial charge in [0.2, 0.25) is 5.91 Å². The van der Waals surface area contributed by atoms with Crippen molar-refractivity contribution in [3.63, 3.8) is 0 Å². The van der Waals surface area contributed by atoms with Gasteiger partial charge >= 0.3 is 0 Å². The van der Waals surface area contributed by atoms with Crippen LogP contribution in [-0.4, -0.2) is 32.7 Å². The van der Waals surface area contributed by atoms with Crippen LogP contribution >= 0.6 is 0 Å². The first-order valence-electron chi connectivity index (χ1n) is 6.96. The molecule has 1 aromatic carbocycles. The second-order valence-corrected chi connectivity index (χ2v) is 7.46. The first-order chi connectivity index (χ1) is 9.56. The molecule has 1 fully saturated rings. The van der Waals surface area contributed by atoms with E-state index in [2.05, 4.69) is 10.6 Å². The van der Waals surface area contributed by atoms with Crippen molar-refractivity contribution in [2.24, 2.45) is 0 Å². The molecule has 2 N–H and O–H groups in total. The predicted octanol–water partition coefficient (Wildman–Crippen LogP) is 1.10. The van der Waals surface area contributed by atoms with E-state index in [9.17, 15) is 13.2 Å². The van der Waals surface area contributed by atoms with Crippen LogP contribution in [0.3, 0.4) is 0 Å². The Bertz CT molecular complexity index is 634. The van der Waals surface area contributed by atoms with Gasteiger partial charge in [-0.25, -0.2) is 8.42 Å². The van der Waals surface area contributed by atoms with Gasteiger partial charge in [0.05, 0.1) is 16.7 Å². The Hall–Kier alpha value is -1.40. The fraction of sp³-hybridized carbons (Fsp3) is 0.500. The number of carbonyl (C=O) groups is 1. The standard InChI is InChI=1S/C14H18N2O3S/c17-14(12-3-1-2-7-15-12)16-11-5-4-10-6-8-20(18,19)13(10)9-11/h4-5,9,12,15H,1-3,6-8H2,(H,16,17). The molecule has 6 heteroatoms. The van der Waals surface area contributed by atoms with Crippen LogP contribution in [0.15, 0.2) is 23.1 Å². The second kappa shape index (κ2) is 5.18. The molecule has 1 aromatic rings. The fourth-order valence-corrected chi connectivity index (χ4v) is 4.37. The topological polar surface area (TPSA) is 75.3 Å². The van der Waals surface area contributed by atoms with Crippen LogP contribution < -0.4 is 10.6 Å². The molecule has 2 aliphatic heterocycles. The van der Waals surface area contributed by atoms with E-state index in [0.717, 1.165) is 31.4 Å². The van der Waals surface area contributed by atoms with Crippen molar-refractivity contribution < 1.29 is 13.2 Å². The molecule has 2 heterocycles. The maximum Gasteiger partial charge on any atom is 0.241 e. The lowest BCUT2D eigenvalue weighted by Gasteiger charge is -2.22. The summed E-state index contributed by atoms with van der Waals surface area (Å²) in [5.41, 5.74) is 1.41. The van der Waals surface area contributed by atoms with Crippen molar-refractivity contribution in [1.82, 2.24) is 5.32 Å². The molecule has 0 saturated carbocycles. The monoisotopic (exact) mass is 294 g/mol. The quantitative estimate of drug-likeness (QED) is 0.856. The number of hydrogen-bond donors (Lipinski definition) is 2. The SMILES string of the molecule is O=C(Nc1ccc2c(c1)S(=O)(=O)CC2)C1CCCCN1. The normalized spacial score (nSPS) is 24.1. The van der Waals surface area contributed by atoms with Crippen molar-refractivity contribution in [3.05, 3.63) is 23.8 Å². The minimum atomic E-state index is -3.16. The smallest absolute Gasteiger partial charge is 0.241 e. The Morgan fingerprint density at radius 3 is 2.90 bits per heavy atom. The highest BCUT2D eigenvalue weighted by Gasteiger charge is 2.27. The van der Waals surface area contributed by atoms with Crippen molar-refractivity contribution in [2.45, 2.75) is 36.6 Å². The van der Waals surface area contributed by atoms with Crippen LogP contribution in [0.2, 0.25) is 0 Å². The molecule has 1 atom stereocenters. The Morgan fingerprint density at radius 1 is 1.30 bits per heavy atom. The van der Waals surface area contributed by atoms with Gasteiger partial charge in [-0.15, -0.1) is 0 Å². The van der Waals surface area contributed by atoms with Gasteiger partial charge in [0, 0.05) is 5.69 Å². The summed E-state index contributed by atoms with van der Waals surface area (Å²) in [5.74, 6) is 0.0873. The molecular formula is C14H18N2O3S. The van der Waals surface area contributed by atoms with Crippen LogP contribution in [-0.2, 0) is 21.1 Å². The number of benzene rings is 1. The zero-order valence-corrected chi connectivity index (χ0v) is 12.0. The first-order valence-corrected chi connectivity index (χ1v) is 8.61. The highest BCUT2D eigenvalue weighted by Crippen LogP contribution is 2.28. The molecule has 0 bridgehead atoms. The maximum absolute atomic E-state index is 12.1. The minimum absolute atomic E-state index is 0.0833. The first kappa shape index (κ1) is 13.6. The third-order valence-corrected chi connectivity index (χ3v) is 5.73. The van der Waals surface area contributed by atoms with E-state index < -0.39 is 9.84 Å². The van der Waals surface area contributed by atoms with E-state index >= 15 is 0 Å². The lowest BCUT2D eigenvalue weighted by molar-refractivity contribution is -0.118. The number of piperidine rings is 1. The van der Waals surface area contributed by atoms with Gasteiger partial charge in [0.15, 0.2) is 9.84 Å². The van der Waals surface area contributed by atoms with E-state index in [0.29, 0.717) is 17.0 Å². The fourth-order valence-electron chi connectivity index (χ4n) is 2.79. The average Bonchev–Trinajstić information content (AvgIpc) is 2.75. The average molecular weight is 294 g/mol. The highest BCUT2D eigenvalue weighted by molar-refractivity contribution is 7.91. The van der Waals surface area contributed by atoms with Gasteiger partial charge in [-0.1, -0.05) is 12.5 Å². The Labute approximate surface area is 118 Å². The number of hydrogen-bond acceptors (Lipinski definition) is 4. The molecule has 0 radical (unpaired) electrons. The summed E-state index contributed by atoms with van der Waals surface area (Å²) in [7, 11) is -3.16. The number of fused-ring (bicyclic) bond motifs is 1. The summed E-state index contributed by atoms with van der Waals surface area (Å²) in [6.07, 6.45) is 3.54. The molecule has 108 valence electrons. The van der Waals surface area contributed by atoms with E-state index in [4.69, 9.17) is 0 Å². The van der Waals surface area contributed by atoms with E-state index in [1.54, 1.807) is 18.2 Å². The van der Waals surface area contributed by atoms with Gasteiger partial charge < -0.3 is 10.6 Å². The van der Waals surface area contributed by atoms with Gasteiger partial charge in [0.1, 0.15) is 0 Å². The number of amides is 1. The summed E-state index contributed by atoms with van der Waals surface area (Å²) < 4.78 is 23.7. The van der Waals surface area contributed by atoms with Crippen LogP contribution in [0.4, 0.5) is 5.69 Å². The summed E-state index contributed by atoms with van der Waals surface area (Å²) in [6.45, 7) is 0.858.